The van der Waals surface area contributed by atoms with Crippen molar-refractivity contribution < 1.29 is 8.42 Å². The SMILES string of the molecule is Cn1cc(-c2cncc(CNS(=O)(=O)c3ccc(Cl)cc3)c2)cn1. The molecule has 3 rings (SSSR count). The van der Waals surface area contributed by atoms with Gasteiger partial charge in [-0.3, -0.25) is 9.67 Å². The first-order valence-corrected chi connectivity index (χ1v) is 8.98. The van der Waals surface area contributed by atoms with Crippen LogP contribution in [-0.4, -0.2) is 23.2 Å². The van der Waals surface area contributed by atoms with E-state index in [9.17, 15) is 8.42 Å². The highest BCUT2D eigenvalue weighted by atomic mass is 35.5. The molecule has 0 radical (unpaired) electrons. The number of pyridine rings is 1. The summed E-state index contributed by atoms with van der Waals surface area (Å²) in [5.41, 5.74) is 2.56. The van der Waals surface area contributed by atoms with Crippen LogP contribution in [0.15, 0.2) is 60.0 Å². The summed E-state index contributed by atoms with van der Waals surface area (Å²) in [7, 11) is -1.77. The normalized spacial score (nSPS) is 11.6. The third-order valence-electron chi connectivity index (χ3n) is 3.42. The Morgan fingerprint density at radius 1 is 1.12 bits per heavy atom. The Morgan fingerprint density at radius 3 is 2.54 bits per heavy atom. The van der Waals surface area contributed by atoms with Crippen molar-refractivity contribution in [3.05, 3.63) is 65.7 Å². The van der Waals surface area contributed by atoms with E-state index in [0.29, 0.717) is 5.02 Å². The standard InChI is InChI=1S/C16H15ClN4O2S/c1-21-11-14(10-19-21)13-6-12(7-18-9-13)8-20-24(22,23)16-4-2-15(17)3-5-16/h2-7,9-11,20H,8H2,1H3. The minimum atomic E-state index is -3.60. The lowest BCUT2D eigenvalue weighted by Crippen LogP contribution is -2.23. The van der Waals surface area contributed by atoms with Gasteiger partial charge in [-0.25, -0.2) is 13.1 Å². The second kappa shape index (κ2) is 6.72. The molecule has 8 heteroatoms. The molecule has 0 aliphatic rings. The number of rotatable bonds is 5. The number of hydrogen-bond acceptors (Lipinski definition) is 4. The lowest BCUT2D eigenvalue weighted by molar-refractivity contribution is 0.581. The van der Waals surface area contributed by atoms with Gasteiger partial charge in [0.2, 0.25) is 10.0 Å². The number of hydrogen-bond donors (Lipinski definition) is 1. The summed E-state index contributed by atoms with van der Waals surface area (Å²) in [6, 6.07) is 7.90. The molecule has 0 aliphatic heterocycles. The molecule has 6 nitrogen and oxygen atoms in total. The van der Waals surface area contributed by atoms with Gasteiger partial charge in [0.15, 0.2) is 0 Å². The zero-order chi connectivity index (χ0) is 17.2. The van der Waals surface area contributed by atoms with E-state index in [1.165, 1.54) is 12.1 Å². The molecule has 2 aromatic heterocycles. The Kier molecular flexibility index (Phi) is 4.66. The van der Waals surface area contributed by atoms with Gasteiger partial charge in [-0.1, -0.05) is 11.6 Å². The predicted molar refractivity (Wildman–Crippen MR) is 91.9 cm³/mol. The molecule has 2 heterocycles. The number of benzene rings is 1. The first kappa shape index (κ1) is 16.6. The van der Waals surface area contributed by atoms with E-state index in [2.05, 4.69) is 14.8 Å². The van der Waals surface area contributed by atoms with Crippen LogP contribution in [0, 0.1) is 0 Å². The summed E-state index contributed by atoms with van der Waals surface area (Å²) in [4.78, 5) is 4.34. The van der Waals surface area contributed by atoms with Crippen LogP contribution in [0.1, 0.15) is 5.56 Å². The van der Waals surface area contributed by atoms with Crippen LogP contribution < -0.4 is 4.72 Å². The minimum Gasteiger partial charge on any atom is -0.275 e. The summed E-state index contributed by atoms with van der Waals surface area (Å²) in [6.07, 6.45) is 6.95. The molecule has 0 saturated heterocycles. The van der Waals surface area contributed by atoms with Crippen LogP contribution in [0.2, 0.25) is 5.02 Å². The maximum absolute atomic E-state index is 12.3. The molecule has 0 atom stereocenters. The van der Waals surface area contributed by atoms with E-state index in [1.54, 1.807) is 35.4 Å². The van der Waals surface area contributed by atoms with E-state index in [1.807, 2.05) is 19.3 Å². The molecule has 0 fully saturated rings. The maximum Gasteiger partial charge on any atom is 0.240 e. The van der Waals surface area contributed by atoms with Crippen LogP contribution in [-0.2, 0) is 23.6 Å². The molecule has 0 saturated carbocycles. The van der Waals surface area contributed by atoms with Crippen molar-refractivity contribution in [2.75, 3.05) is 0 Å². The van der Waals surface area contributed by atoms with E-state index in [4.69, 9.17) is 11.6 Å². The lowest BCUT2D eigenvalue weighted by Gasteiger charge is -2.07. The Hall–Kier alpha value is -2.22. The number of sulfonamides is 1. The molecule has 124 valence electrons. The molecule has 24 heavy (non-hydrogen) atoms. The Labute approximate surface area is 145 Å². The third kappa shape index (κ3) is 3.81. The summed E-state index contributed by atoms with van der Waals surface area (Å²) in [6.45, 7) is 0.145. The van der Waals surface area contributed by atoms with Crippen molar-refractivity contribution >= 4 is 21.6 Å². The highest BCUT2D eigenvalue weighted by molar-refractivity contribution is 7.89. The molecular weight excluding hydrogens is 348 g/mol. The van der Waals surface area contributed by atoms with Crippen molar-refractivity contribution in [1.82, 2.24) is 19.5 Å². The number of aryl methyl sites for hydroxylation is 1. The topological polar surface area (TPSA) is 76.9 Å². The summed E-state index contributed by atoms with van der Waals surface area (Å²) in [5.74, 6) is 0. The van der Waals surface area contributed by atoms with E-state index in [0.717, 1.165) is 16.7 Å². The average Bonchev–Trinajstić information content (AvgIpc) is 3.00. The zero-order valence-corrected chi connectivity index (χ0v) is 14.4. The van der Waals surface area contributed by atoms with Crippen molar-refractivity contribution in [3.8, 4) is 11.1 Å². The van der Waals surface area contributed by atoms with E-state index in [-0.39, 0.29) is 11.4 Å². The zero-order valence-electron chi connectivity index (χ0n) is 12.8. The molecule has 0 bridgehead atoms. The van der Waals surface area contributed by atoms with Crippen LogP contribution >= 0.6 is 11.6 Å². The van der Waals surface area contributed by atoms with Gasteiger partial charge >= 0.3 is 0 Å². The van der Waals surface area contributed by atoms with Crippen LogP contribution in [0.3, 0.4) is 0 Å². The number of nitrogens with one attached hydrogen (secondary N) is 1. The van der Waals surface area contributed by atoms with Gasteiger partial charge in [-0.2, -0.15) is 5.10 Å². The lowest BCUT2D eigenvalue weighted by atomic mass is 10.1. The van der Waals surface area contributed by atoms with E-state index < -0.39 is 10.0 Å². The van der Waals surface area contributed by atoms with Gasteiger partial charge < -0.3 is 0 Å². The molecule has 1 aromatic carbocycles. The fourth-order valence-electron chi connectivity index (χ4n) is 2.19. The first-order valence-electron chi connectivity index (χ1n) is 7.12. The second-order valence-electron chi connectivity index (χ2n) is 5.26. The fourth-order valence-corrected chi connectivity index (χ4v) is 3.33. The number of halogens is 1. The highest BCUT2D eigenvalue weighted by Crippen LogP contribution is 2.19. The molecule has 0 amide bonds. The molecule has 3 aromatic rings. The van der Waals surface area contributed by atoms with Gasteiger partial charge in [0.1, 0.15) is 0 Å². The Balaban J connectivity index is 1.76. The van der Waals surface area contributed by atoms with Crippen LogP contribution in [0.25, 0.3) is 11.1 Å². The summed E-state index contributed by atoms with van der Waals surface area (Å²) in [5, 5.41) is 4.61. The van der Waals surface area contributed by atoms with Crippen LogP contribution in [0.5, 0.6) is 0 Å². The Bertz CT molecular complexity index is 952. The van der Waals surface area contributed by atoms with Crippen LogP contribution in [0.4, 0.5) is 0 Å². The summed E-state index contributed by atoms with van der Waals surface area (Å²) < 4.78 is 28.8. The Morgan fingerprint density at radius 2 is 1.88 bits per heavy atom. The number of aromatic nitrogens is 3. The van der Waals surface area contributed by atoms with Gasteiger partial charge in [-0.05, 0) is 35.9 Å². The largest absolute Gasteiger partial charge is 0.275 e. The summed E-state index contributed by atoms with van der Waals surface area (Å²) >= 11 is 5.78. The first-order chi connectivity index (χ1) is 11.4. The third-order valence-corrected chi connectivity index (χ3v) is 5.09. The number of nitrogens with zero attached hydrogens (tertiary/aromatic N) is 3. The van der Waals surface area contributed by atoms with Crippen molar-refractivity contribution in [2.24, 2.45) is 7.05 Å². The second-order valence-corrected chi connectivity index (χ2v) is 7.47. The molecule has 0 aliphatic carbocycles. The molecule has 1 N–H and O–H groups in total. The molecule has 0 spiro atoms. The maximum atomic E-state index is 12.3. The predicted octanol–water partition coefficient (Wildman–Crippen LogP) is 2.61. The molecule has 0 unspecified atom stereocenters. The smallest absolute Gasteiger partial charge is 0.240 e. The average molecular weight is 363 g/mol. The minimum absolute atomic E-state index is 0.145. The van der Waals surface area contributed by atoms with Gasteiger partial charge in [0.05, 0.1) is 11.1 Å². The van der Waals surface area contributed by atoms with Gasteiger partial charge in [0, 0.05) is 48.3 Å². The fraction of sp³-hybridized carbons (Fsp3) is 0.125. The van der Waals surface area contributed by atoms with Crippen molar-refractivity contribution in [2.45, 2.75) is 11.4 Å². The molecular formula is C16H15ClN4O2S. The highest BCUT2D eigenvalue weighted by Gasteiger charge is 2.13. The van der Waals surface area contributed by atoms with Crippen molar-refractivity contribution in [3.63, 3.8) is 0 Å². The quantitative estimate of drug-likeness (QED) is 0.756. The van der Waals surface area contributed by atoms with Gasteiger partial charge in [0.25, 0.3) is 0 Å². The van der Waals surface area contributed by atoms with Gasteiger partial charge in [-0.15, -0.1) is 0 Å². The monoisotopic (exact) mass is 362 g/mol. The van der Waals surface area contributed by atoms with Crippen molar-refractivity contribution in [1.29, 1.82) is 0 Å². The van der Waals surface area contributed by atoms with E-state index >= 15 is 0 Å².